The van der Waals surface area contributed by atoms with Crippen LogP contribution in [-0.2, 0) is 11.2 Å². The maximum absolute atomic E-state index is 12.1. The number of nitrogens with zero attached hydrogens (tertiary/aromatic N) is 1. The summed E-state index contributed by atoms with van der Waals surface area (Å²) in [5.41, 5.74) is 1.15. The minimum atomic E-state index is -0.113. The number of rotatable bonds is 5. The van der Waals surface area contributed by atoms with Gasteiger partial charge in [0.15, 0.2) is 0 Å². The number of aliphatic hydroxyl groups excluding tert-OH is 1. The molecule has 0 spiro atoms. The van der Waals surface area contributed by atoms with E-state index in [0.717, 1.165) is 18.5 Å². The number of amides is 1. The van der Waals surface area contributed by atoms with E-state index >= 15 is 0 Å². The molecule has 1 saturated heterocycles. The fourth-order valence-corrected chi connectivity index (χ4v) is 2.49. The molecule has 1 aliphatic rings. The van der Waals surface area contributed by atoms with Gasteiger partial charge in [0.1, 0.15) is 0 Å². The summed E-state index contributed by atoms with van der Waals surface area (Å²) < 4.78 is 0. The quantitative estimate of drug-likeness (QED) is 0.793. The largest absolute Gasteiger partial charge is 0.394 e. The zero-order valence-corrected chi connectivity index (χ0v) is 10.7. The van der Waals surface area contributed by atoms with E-state index in [2.05, 4.69) is 5.32 Å². The Morgan fingerprint density at radius 3 is 2.72 bits per heavy atom. The molecule has 0 bridgehead atoms. The van der Waals surface area contributed by atoms with E-state index < -0.39 is 0 Å². The number of carbonyl (C=O) groups is 1. The molecule has 0 radical (unpaired) electrons. The van der Waals surface area contributed by atoms with Gasteiger partial charge in [-0.1, -0.05) is 30.3 Å². The van der Waals surface area contributed by atoms with E-state index in [0.29, 0.717) is 6.42 Å². The fourth-order valence-electron chi connectivity index (χ4n) is 2.49. The number of likely N-dealkylation sites (tertiary alicyclic amines) is 1. The fraction of sp³-hybridized carbons (Fsp3) is 0.500. The molecule has 0 aliphatic carbocycles. The van der Waals surface area contributed by atoms with Gasteiger partial charge >= 0.3 is 0 Å². The van der Waals surface area contributed by atoms with Gasteiger partial charge in [0.05, 0.1) is 18.7 Å². The molecular formula is C14H20N2O2. The van der Waals surface area contributed by atoms with Gasteiger partial charge in [-0.25, -0.2) is 0 Å². The standard InChI is InChI=1S/C14H20N2O2/c1-15-13-7-8-16(14(13)18)12(10-17)9-11-5-3-2-4-6-11/h2-6,12-13,15,17H,7-10H2,1H3. The lowest BCUT2D eigenvalue weighted by Crippen LogP contribution is -2.44. The first-order valence-electron chi connectivity index (χ1n) is 6.38. The molecule has 1 aromatic rings. The number of benzene rings is 1. The zero-order chi connectivity index (χ0) is 13.0. The van der Waals surface area contributed by atoms with Crippen molar-refractivity contribution in [3.05, 3.63) is 35.9 Å². The average molecular weight is 248 g/mol. The summed E-state index contributed by atoms with van der Waals surface area (Å²) >= 11 is 0. The molecule has 2 unspecified atom stereocenters. The summed E-state index contributed by atoms with van der Waals surface area (Å²) in [5.74, 6) is 0.104. The number of nitrogens with one attached hydrogen (secondary N) is 1. The van der Waals surface area contributed by atoms with Crippen LogP contribution in [0, 0.1) is 0 Å². The second kappa shape index (κ2) is 5.98. The van der Waals surface area contributed by atoms with Crippen LogP contribution in [0.3, 0.4) is 0 Å². The number of hydrogen-bond donors (Lipinski definition) is 2. The minimum absolute atomic E-state index is 0.0110. The molecule has 2 rings (SSSR count). The van der Waals surface area contributed by atoms with Crippen LogP contribution < -0.4 is 5.32 Å². The van der Waals surface area contributed by atoms with E-state index in [1.54, 1.807) is 11.9 Å². The topological polar surface area (TPSA) is 52.6 Å². The van der Waals surface area contributed by atoms with Crippen LogP contribution in [0.5, 0.6) is 0 Å². The highest BCUT2D eigenvalue weighted by atomic mass is 16.3. The van der Waals surface area contributed by atoms with Crippen LogP contribution in [0.15, 0.2) is 30.3 Å². The Bertz CT molecular complexity index is 394. The maximum Gasteiger partial charge on any atom is 0.240 e. The minimum Gasteiger partial charge on any atom is -0.394 e. The van der Waals surface area contributed by atoms with E-state index in [1.807, 2.05) is 30.3 Å². The van der Waals surface area contributed by atoms with Crippen molar-refractivity contribution >= 4 is 5.91 Å². The number of likely N-dealkylation sites (N-methyl/N-ethyl adjacent to an activating group) is 1. The molecule has 0 saturated carbocycles. The Morgan fingerprint density at radius 1 is 1.44 bits per heavy atom. The Morgan fingerprint density at radius 2 is 2.17 bits per heavy atom. The Hall–Kier alpha value is -1.39. The van der Waals surface area contributed by atoms with Crippen molar-refractivity contribution in [1.29, 1.82) is 0 Å². The van der Waals surface area contributed by atoms with Gasteiger partial charge in [0.2, 0.25) is 5.91 Å². The highest BCUT2D eigenvalue weighted by molar-refractivity contribution is 5.84. The van der Waals surface area contributed by atoms with Crippen molar-refractivity contribution in [1.82, 2.24) is 10.2 Å². The van der Waals surface area contributed by atoms with Crippen LogP contribution >= 0.6 is 0 Å². The predicted octanol–water partition coefficient (Wildman–Crippen LogP) is 0.410. The van der Waals surface area contributed by atoms with Crippen LogP contribution in [0.4, 0.5) is 0 Å². The summed E-state index contributed by atoms with van der Waals surface area (Å²) in [7, 11) is 1.80. The summed E-state index contributed by atoms with van der Waals surface area (Å²) in [6.07, 6.45) is 1.53. The van der Waals surface area contributed by atoms with Crippen LogP contribution in [-0.4, -0.2) is 48.2 Å². The van der Waals surface area contributed by atoms with E-state index in [1.165, 1.54) is 0 Å². The van der Waals surface area contributed by atoms with Gasteiger partial charge in [-0.3, -0.25) is 4.79 Å². The predicted molar refractivity (Wildman–Crippen MR) is 70.2 cm³/mol. The molecule has 1 heterocycles. The molecule has 1 aliphatic heterocycles. The number of aliphatic hydroxyl groups is 1. The maximum atomic E-state index is 12.1. The van der Waals surface area contributed by atoms with Crippen molar-refractivity contribution in [2.45, 2.75) is 24.9 Å². The van der Waals surface area contributed by atoms with Gasteiger partial charge in [-0.15, -0.1) is 0 Å². The normalized spacial score (nSPS) is 21.3. The lowest BCUT2D eigenvalue weighted by molar-refractivity contribution is -0.132. The monoisotopic (exact) mass is 248 g/mol. The number of carbonyl (C=O) groups excluding carboxylic acids is 1. The SMILES string of the molecule is CNC1CCN(C(CO)Cc2ccccc2)C1=O. The van der Waals surface area contributed by atoms with Crippen molar-refractivity contribution in [3.8, 4) is 0 Å². The lowest BCUT2D eigenvalue weighted by atomic mass is 10.1. The zero-order valence-electron chi connectivity index (χ0n) is 10.7. The third-order valence-electron chi connectivity index (χ3n) is 3.55. The molecule has 1 amide bonds. The first kappa shape index (κ1) is 13.1. The third kappa shape index (κ3) is 2.71. The summed E-state index contributed by atoms with van der Waals surface area (Å²) in [6, 6.07) is 9.78. The van der Waals surface area contributed by atoms with Crippen molar-refractivity contribution in [2.75, 3.05) is 20.2 Å². The smallest absolute Gasteiger partial charge is 0.240 e. The summed E-state index contributed by atoms with van der Waals surface area (Å²) in [6.45, 7) is 0.736. The molecular weight excluding hydrogens is 228 g/mol. The molecule has 4 heteroatoms. The van der Waals surface area contributed by atoms with Crippen LogP contribution in [0.25, 0.3) is 0 Å². The first-order valence-corrected chi connectivity index (χ1v) is 6.38. The van der Waals surface area contributed by atoms with Crippen LogP contribution in [0.1, 0.15) is 12.0 Å². The highest BCUT2D eigenvalue weighted by Gasteiger charge is 2.34. The third-order valence-corrected chi connectivity index (χ3v) is 3.55. The lowest BCUT2D eigenvalue weighted by Gasteiger charge is -2.26. The van der Waals surface area contributed by atoms with E-state index in [4.69, 9.17) is 0 Å². The average Bonchev–Trinajstić information content (AvgIpc) is 2.78. The van der Waals surface area contributed by atoms with E-state index in [9.17, 15) is 9.90 Å². The Kier molecular flexibility index (Phi) is 4.33. The molecule has 2 N–H and O–H groups in total. The summed E-state index contributed by atoms with van der Waals surface area (Å²) in [5, 5.41) is 12.5. The molecule has 1 aromatic carbocycles. The van der Waals surface area contributed by atoms with Gasteiger partial charge < -0.3 is 15.3 Å². The molecule has 1 fully saturated rings. The Balaban J connectivity index is 2.04. The second-order valence-corrected chi connectivity index (χ2v) is 4.69. The van der Waals surface area contributed by atoms with Crippen molar-refractivity contribution in [3.63, 3.8) is 0 Å². The molecule has 0 aromatic heterocycles. The van der Waals surface area contributed by atoms with Gasteiger partial charge in [0, 0.05) is 6.54 Å². The second-order valence-electron chi connectivity index (χ2n) is 4.69. The number of hydrogen-bond acceptors (Lipinski definition) is 3. The molecule has 98 valence electrons. The Labute approximate surface area is 108 Å². The van der Waals surface area contributed by atoms with Gasteiger partial charge in [0.25, 0.3) is 0 Å². The van der Waals surface area contributed by atoms with Crippen molar-refractivity contribution < 1.29 is 9.90 Å². The van der Waals surface area contributed by atoms with E-state index in [-0.39, 0.29) is 24.6 Å². The van der Waals surface area contributed by atoms with Gasteiger partial charge in [-0.2, -0.15) is 0 Å². The molecule has 4 nitrogen and oxygen atoms in total. The first-order chi connectivity index (χ1) is 8.76. The van der Waals surface area contributed by atoms with Crippen molar-refractivity contribution in [2.24, 2.45) is 0 Å². The highest BCUT2D eigenvalue weighted by Crippen LogP contribution is 2.17. The van der Waals surface area contributed by atoms with Gasteiger partial charge in [-0.05, 0) is 25.5 Å². The molecule has 2 atom stereocenters. The van der Waals surface area contributed by atoms with Crippen LogP contribution in [0.2, 0.25) is 0 Å². The summed E-state index contributed by atoms with van der Waals surface area (Å²) in [4.78, 5) is 13.9. The molecule has 18 heavy (non-hydrogen) atoms.